The van der Waals surface area contributed by atoms with Gasteiger partial charge in [-0.15, -0.1) is 0 Å². The molecule has 1 aliphatic carbocycles. The molecule has 1 aliphatic heterocycles. The minimum Gasteiger partial charge on any atom is -0.376 e. The van der Waals surface area contributed by atoms with E-state index in [1.165, 1.54) is 30.4 Å². The maximum Gasteiger partial charge on any atom is 0.191 e. The highest BCUT2D eigenvalue weighted by molar-refractivity contribution is 5.79. The first-order valence-electron chi connectivity index (χ1n) is 8.36. The Morgan fingerprint density at radius 2 is 2.14 bits per heavy atom. The fourth-order valence-electron chi connectivity index (χ4n) is 3.35. The van der Waals surface area contributed by atoms with E-state index in [0.29, 0.717) is 11.5 Å². The molecular weight excluding hydrogens is 274 g/mol. The molecule has 0 bridgehead atoms. The number of ether oxygens (including phenoxy) is 1. The van der Waals surface area contributed by atoms with Gasteiger partial charge < -0.3 is 15.4 Å². The van der Waals surface area contributed by atoms with Crippen LogP contribution in [0.5, 0.6) is 0 Å². The summed E-state index contributed by atoms with van der Waals surface area (Å²) in [4.78, 5) is 4.33. The molecule has 1 aromatic rings. The highest BCUT2D eigenvalue weighted by Gasteiger charge is 2.44. The summed E-state index contributed by atoms with van der Waals surface area (Å²) in [6.07, 6.45) is 5.18. The SMILES string of the molecule is CN=C(NCC1CCCO1)NCC1(c2ccccc2C)CC1. The van der Waals surface area contributed by atoms with E-state index in [-0.39, 0.29) is 0 Å². The van der Waals surface area contributed by atoms with Crippen LogP contribution in [0.25, 0.3) is 0 Å². The molecular formula is C18H27N3O. The van der Waals surface area contributed by atoms with E-state index in [1.807, 2.05) is 7.05 Å². The third-order valence-electron chi connectivity index (χ3n) is 4.91. The van der Waals surface area contributed by atoms with Crippen molar-refractivity contribution in [2.75, 3.05) is 26.7 Å². The third-order valence-corrected chi connectivity index (χ3v) is 4.91. The van der Waals surface area contributed by atoms with Gasteiger partial charge in [0.1, 0.15) is 0 Å². The summed E-state index contributed by atoms with van der Waals surface area (Å²) < 4.78 is 5.65. The Balaban J connectivity index is 1.53. The molecule has 2 fully saturated rings. The fourth-order valence-corrected chi connectivity index (χ4v) is 3.35. The molecule has 0 spiro atoms. The lowest BCUT2D eigenvalue weighted by Gasteiger charge is -2.21. The number of benzene rings is 1. The first-order chi connectivity index (χ1) is 10.7. The maximum absolute atomic E-state index is 5.65. The Bertz CT molecular complexity index is 531. The molecule has 1 saturated heterocycles. The quantitative estimate of drug-likeness (QED) is 0.648. The monoisotopic (exact) mass is 301 g/mol. The van der Waals surface area contributed by atoms with Crippen molar-refractivity contribution in [3.63, 3.8) is 0 Å². The zero-order valence-electron chi connectivity index (χ0n) is 13.7. The van der Waals surface area contributed by atoms with Crippen LogP contribution in [0.3, 0.4) is 0 Å². The van der Waals surface area contributed by atoms with Crippen molar-refractivity contribution in [2.45, 2.75) is 44.1 Å². The van der Waals surface area contributed by atoms with Crippen LogP contribution in [0.1, 0.15) is 36.8 Å². The molecule has 4 nitrogen and oxygen atoms in total. The average Bonchev–Trinajstić information content (AvgIpc) is 3.13. The van der Waals surface area contributed by atoms with Crippen LogP contribution >= 0.6 is 0 Å². The van der Waals surface area contributed by atoms with Gasteiger partial charge in [-0.3, -0.25) is 4.99 Å². The van der Waals surface area contributed by atoms with Crippen molar-refractivity contribution in [3.8, 4) is 0 Å². The normalized spacial score (nSPS) is 23.4. The predicted octanol–water partition coefficient (Wildman–Crippen LogP) is 2.37. The molecule has 120 valence electrons. The number of aryl methyl sites for hydroxylation is 1. The molecule has 4 heteroatoms. The van der Waals surface area contributed by atoms with Gasteiger partial charge in [0.15, 0.2) is 5.96 Å². The fraction of sp³-hybridized carbons (Fsp3) is 0.611. The summed E-state index contributed by atoms with van der Waals surface area (Å²) in [5, 5.41) is 6.90. The highest BCUT2D eigenvalue weighted by atomic mass is 16.5. The van der Waals surface area contributed by atoms with Crippen molar-refractivity contribution in [1.29, 1.82) is 0 Å². The topological polar surface area (TPSA) is 45.7 Å². The Morgan fingerprint density at radius 1 is 1.32 bits per heavy atom. The Kier molecular flexibility index (Phi) is 4.67. The molecule has 22 heavy (non-hydrogen) atoms. The van der Waals surface area contributed by atoms with Gasteiger partial charge in [0.2, 0.25) is 0 Å². The maximum atomic E-state index is 5.65. The lowest BCUT2D eigenvalue weighted by atomic mass is 9.92. The average molecular weight is 301 g/mol. The minimum atomic E-state index is 0.298. The second kappa shape index (κ2) is 6.69. The molecule has 0 aromatic heterocycles. The van der Waals surface area contributed by atoms with Crippen molar-refractivity contribution < 1.29 is 4.74 Å². The lowest BCUT2D eigenvalue weighted by molar-refractivity contribution is 0.114. The summed E-state index contributed by atoms with van der Waals surface area (Å²) in [5.74, 6) is 0.885. The first-order valence-corrected chi connectivity index (χ1v) is 8.36. The van der Waals surface area contributed by atoms with Crippen molar-refractivity contribution in [2.24, 2.45) is 4.99 Å². The van der Waals surface area contributed by atoms with E-state index in [1.54, 1.807) is 0 Å². The molecule has 2 N–H and O–H groups in total. The number of nitrogens with zero attached hydrogens (tertiary/aromatic N) is 1. The summed E-state index contributed by atoms with van der Waals surface area (Å²) in [6.45, 7) is 4.90. The van der Waals surface area contributed by atoms with Crippen LogP contribution in [0.4, 0.5) is 0 Å². The van der Waals surface area contributed by atoms with Gasteiger partial charge in [0.05, 0.1) is 6.10 Å². The molecule has 2 aliphatic rings. The highest BCUT2D eigenvalue weighted by Crippen LogP contribution is 2.48. The lowest BCUT2D eigenvalue weighted by Crippen LogP contribution is -2.43. The predicted molar refractivity (Wildman–Crippen MR) is 90.4 cm³/mol. The summed E-state index contributed by atoms with van der Waals surface area (Å²) in [6, 6.07) is 8.74. The van der Waals surface area contributed by atoms with Crippen molar-refractivity contribution >= 4 is 5.96 Å². The molecule has 1 atom stereocenters. The van der Waals surface area contributed by atoms with Crippen LogP contribution in [0.2, 0.25) is 0 Å². The smallest absolute Gasteiger partial charge is 0.191 e. The van der Waals surface area contributed by atoms with Gasteiger partial charge in [0, 0.05) is 32.2 Å². The van der Waals surface area contributed by atoms with Crippen molar-refractivity contribution in [3.05, 3.63) is 35.4 Å². The van der Waals surface area contributed by atoms with Gasteiger partial charge in [-0.25, -0.2) is 0 Å². The number of hydrogen-bond donors (Lipinski definition) is 2. The van der Waals surface area contributed by atoms with Gasteiger partial charge in [-0.2, -0.15) is 0 Å². The minimum absolute atomic E-state index is 0.298. The number of aliphatic imine (C=N–C) groups is 1. The molecule has 0 amide bonds. The van der Waals surface area contributed by atoms with Crippen LogP contribution < -0.4 is 10.6 Å². The van der Waals surface area contributed by atoms with E-state index in [2.05, 4.69) is 46.8 Å². The second-order valence-electron chi connectivity index (χ2n) is 6.54. The zero-order valence-corrected chi connectivity index (χ0v) is 13.7. The standard InChI is InChI=1S/C18H27N3O/c1-14-6-3-4-8-16(14)18(9-10-18)13-21-17(19-2)20-12-15-7-5-11-22-15/h3-4,6,8,15H,5,7,9-13H2,1-2H3,(H2,19,20,21). The number of nitrogens with one attached hydrogen (secondary N) is 2. The molecule has 3 rings (SSSR count). The first kappa shape index (κ1) is 15.3. The van der Waals surface area contributed by atoms with Crippen molar-refractivity contribution in [1.82, 2.24) is 10.6 Å². The van der Waals surface area contributed by atoms with Gasteiger partial charge in [-0.1, -0.05) is 24.3 Å². The van der Waals surface area contributed by atoms with Crippen LogP contribution in [-0.2, 0) is 10.2 Å². The van der Waals surface area contributed by atoms with Crippen LogP contribution in [-0.4, -0.2) is 38.8 Å². The van der Waals surface area contributed by atoms with E-state index >= 15 is 0 Å². The van der Waals surface area contributed by atoms with Gasteiger partial charge in [0.25, 0.3) is 0 Å². The Labute approximate surface area is 133 Å². The largest absolute Gasteiger partial charge is 0.376 e. The van der Waals surface area contributed by atoms with Gasteiger partial charge in [-0.05, 0) is 43.7 Å². The number of hydrogen-bond acceptors (Lipinski definition) is 2. The van der Waals surface area contributed by atoms with Crippen LogP contribution in [0.15, 0.2) is 29.3 Å². The summed E-state index contributed by atoms with van der Waals surface area (Å²) >= 11 is 0. The van der Waals surface area contributed by atoms with E-state index in [0.717, 1.165) is 32.1 Å². The molecule has 1 aromatic carbocycles. The Hall–Kier alpha value is -1.55. The molecule has 1 saturated carbocycles. The Morgan fingerprint density at radius 3 is 2.77 bits per heavy atom. The second-order valence-corrected chi connectivity index (χ2v) is 6.54. The van der Waals surface area contributed by atoms with Crippen LogP contribution in [0, 0.1) is 6.92 Å². The zero-order chi connectivity index (χ0) is 15.4. The van der Waals surface area contributed by atoms with E-state index < -0.39 is 0 Å². The summed E-state index contributed by atoms with van der Waals surface area (Å²) in [7, 11) is 1.83. The summed E-state index contributed by atoms with van der Waals surface area (Å²) in [5.41, 5.74) is 3.17. The number of rotatable bonds is 5. The van der Waals surface area contributed by atoms with E-state index in [4.69, 9.17) is 4.74 Å². The molecule has 1 heterocycles. The molecule has 1 unspecified atom stereocenters. The number of guanidine groups is 1. The van der Waals surface area contributed by atoms with Gasteiger partial charge >= 0.3 is 0 Å². The van der Waals surface area contributed by atoms with E-state index in [9.17, 15) is 0 Å². The third kappa shape index (κ3) is 3.43. The molecule has 0 radical (unpaired) electrons.